The van der Waals surface area contributed by atoms with Crippen LogP contribution in [0.25, 0.3) is 0 Å². The minimum Gasteiger partial charge on any atom is -0.479 e. The average molecular weight is 346 g/mol. The number of aliphatic hydroxyl groups excluding tert-OH is 1. The van der Waals surface area contributed by atoms with Crippen LogP contribution in [0.2, 0.25) is 0 Å². The van der Waals surface area contributed by atoms with Crippen LogP contribution in [0.5, 0.6) is 0 Å². The third kappa shape index (κ3) is 2.35. The zero-order valence-electron chi connectivity index (χ0n) is 6.97. The lowest BCUT2D eigenvalue weighted by Crippen LogP contribution is -2.14. The summed E-state index contributed by atoms with van der Waals surface area (Å²) in [6, 6.07) is 0.870. The summed E-state index contributed by atoms with van der Waals surface area (Å²) in [5, 5.41) is 17.5. The van der Waals surface area contributed by atoms with Crippen molar-refractivity contribution < 1.29 is 23.8 Å². The minimum atomic E-state index is -2.23. The number of rotatable bonds is 2. The lowest BCUT2D eigenvalue weighted by Gasteiger charge is -2.10. The topological polar surface area (TPSA) is 57.5 Å². The standard InChI is InChI=1S/C8H4Br2F2O3/c9-2-1-3(11)4(6(12)5(2)10)7(13)8(14)15/h1,7,13H,(H,14,15). The van der Waals surface area contributed by atoms with Gasteiger partial charge < -0.3 is 10.2 Å². The molecular formula is C8H4Br2F2O3. The summed E-state index contributed by atoms with van der Waals surface area (Å²) < 4.78 is 26.5. The van der Waals surface area contributed by atoms with Crippen molar-refractivity contribution in [2.45, 2.75) is 6.10 Å². The molecule has 0 aliphatic carbocycles. The predicted octanol–water partition coefficient (Wildman–Crippen LogP) is 2.61. The highest BCUT2D eigenvalue weighted by molar-refractivity contribution is 9.13. The molecule has 2 N–H and O–H groups in total. The van der Waals surface area contributed by atoms with Crippen LogP contribution in [0, 0.1) is 11.6 Å². The van der Waals surface area contributed by atoms with Crippen molar-refractivity contribution in [2.24, 2.45) is 0 Å². The summed E-state index contributed by atoms with van der Waals surface area (Å²) >= 11 is 5.65. The molecule has 0 saturated carbocycles. The molecule has 0 aliphatic heterocycles. The molecule has 0 bridgehead atoms. The highest BCUT2D eigenvalue weighted by Gasteiger charge is 2.26. The van der Waals surface area contributed by atoms with Crippen LogP contribution in [0.4, 0.5) is 8.78 Å². The molecule has 0 saturated heterocycles. The van der Waals surface area contributed by atoms with Crippen molar-refractivity contribution in [3.05, 3.63) is 32.2 Å². The van der Waals surface area contributed by atoms with Crippen LogP contribution in [0.1, 0.15) is 11.7 Å². The number of carboxylic acid groups (broad SMARTS) is 1. The maximum atomic E-state index is 13.4. The second-order valence-electron chi connectivity index (χ2n) is 2.62. The van der Waals surface area contributed by atoms with Gasteiger partial charge in [0.05, 0.1) is 10.0 Å². The number of halogens is 4. The average Bonchev–Trinajstić information content (AvgIpc) is 2.14. The Labute approximate surface area is 100.0 Å². The molecule has 1 aromatic rings. The van der Waals surface area contributed by atoms with Gasteiger partial charge in [-0.25, -0.2) is 13.6 Å². The van der Waals surface area contributed by atoms with E-state index in [-0.39, 0.29) is 8.95 Å². The van der Waals surface area contributed by atoms with Crippen LogP contribution in [0.15, 0.2) is 15.0 Å². The van der Waals surface area contributed by atoms with E-state index in [1.165, 1.54) is 0 Å². The van der Waals surface area contributed by atoms with Crippen LogP contribution in [-0.2, 0) is 4.79 Å². The summed E-state index contributed by atoms with van der Waals surface area (Å²) in [7, 11) is 0. The Balaban J connectivity index is 3.42. The van der Waals surface area contributed by atoms with Crippen molar-refractivity contribution in [3.8, 4) is 0 Å². The maximum absolute atomic E-state index is 13.4. The highest BCUT2D eigenvalue weighted by Crippen LogP contribution is 2.33. The molecular weight excluding hydrogens is 342 g/mol. The fraction of sp³-hybridized carbons (Fsp3) is 0.125. The predicted molar refractivity (Wildman–Crippen MR) is 54.4 cm³/mol. The zero-order valence-corrected chi connectivity index (χ0v) is 10.1. The molecule has 0 aliphatic rings. The van der Waals surface area contributed by atoms with Crippen molar-refractivity contribution in [3.63, 3.8) is 0 Å². The molecule has 0 amide bonds. The lowest BCUT2D eigenvalue weighted by molar-refractivity contribution is -0.147. The van der Waals surface area contributed by atoms with Crippen molar-refractivity contribution in [2.75, 3.05) is 0 Å². The van der Waals surface area contributed by atoms with Crippen molar-refractivity contribution >= 4 is 37.8 Å². The van der Waals surface area contributed by atoms with Crippen LogP contribution >= 0.6 is 31.9 Å². The van der Waals surface area contributed by atoms with Gasteiger partial charge in [-0.3, -0.25) is 0 Å². The third-order valence-corrected chi connectivity index (χ3v) is 3.59. The first kappa shape index (κ1) is 12.5. The number of hydrogen-bond acceptors (Lipinski definition) is 2. The summed E-state index contributed by atoms with van der Waals surface area (Å²) in [5.41, 5.74) is -0.891. The second-order valence-corrected chi connectivity index (χ2v) is 4.27. The maximum Gasteiger partial charge on any atom is 0.337 e. The molecule has 7 heteroatoms. The Morgan fingerprint density at radius 1 is 1.40 bits per heavy atom. The second kappa shape index (κ2) is 4.54. The number of hydrogen-bond donors (Lipinski definition) is 2. The largest absolute Gasteiger partial charge is 0.479 e. The van der Waals surface area contributed by atoms with E-state index in [9.17, 15) is 13.6 Å². The normalized spacial score (nSPS) is 12.6. The van der Waals surface area contributed by atoms with Crippen LogP contribution < -0.4 is 0 Å². The molecule has 0 aromatic heterocycles. The van der Waals surface area contributed by atoms with Gasteiger partial charge in [-0.05, 0) is 37.9 Å². The van der Waals surface area contributed by atoms with E-state index in [1.807, 2.05) is 0 Å². The number of carbonyl (C=O) groups is 1. The van der Waals surface area contributed by atoms with Gasteiger partial charge in [0, 0.05) is 4.47 Å². The fourth-order valence-corrected chi connectivity index (χ4v) is 1.66. The summed E-state index contributed by atoms with van der Waals surface area (Å²) in [4.78, 5) is 10.4. The summed E-state index contributed by atoms with van der Waals surface area (Å²) in [5.74, 6) is -3.99. The summed E-state index contributed by atoms with van der Waals surface area (Å²) in [6.45, 7) is 0. The molecule has 0 fully saturated rings. The third-order valence-electron chi connectivity index (χ3n) is 1.66. The van der Waals surface area contributed by atoms with E-state index in [0.29, 0.717) is 0 Å². The Bertz CT molecular complexity index is 423. The molecule has 15 heavy (non-hydrogen) atoms. The van der Waals surface area contributed by atoms with Gasteiger partial charge in [0.15, 0.2) is 6.10 Å². The molecule has 1 atom stereocenters. The molecule has 1 rings (SSSR count). The molecule has 1 aromatic carbocycles. The molecule has 1 unspecified atom stereocenters. The van der Waals surface area contributed by atoms with E-state index in [4.69, 9.17) is 10.2 Å². The van der Waals surface area contributed by atoms with E-state index in [2.05, 4.69) is 31.9 Å². The fourth-order valence-electron chi connectivity index (χ4n) is 0.954. The van der Waals surface area contributed by atoms with E-state index in [0.717, 1.165) is 6.07 Å². The van der Waals surface area contributed by atoms with Gasteiger partial charge in [0.25, 0.3) is 0 Å². The molecule has 0 radical (unpaired) electrons. The Hall–Kier alpha value is -0.530. The Kier molecular flexibility index (Phi) is 3.80. The van der Waals surface area contributed by atoms with Crippen LogP contribution in [0.3, 0.4) is 0 Å². The summed E-state index contributed by atoms with van der Waals surface area (Å²) in [6.07, 6.45) is -2.23. The number of carboxylic acids is 1. The smallest absolute Gasteiger partial charge is 0.337 e. The first-order chi connectivity index (χ1) is 6.86. The van der Waals surface area contributed by atoms with Gasteiger partial charge in [-0.15, -0.1) is 0 Å². The van der Waals surface area contributed by atoms with Gasteiger partial charge >= 0.3 is 5.97 Å². The van der Waals surface area contributed by atoms with E-state index >= 15 is 0 Å². The quantitative estimate of drug-likeness (QED) is 0.640. The first-order valence-corrected chi connectivity index (χ1v) is 5.18. The zero-order chi connectivity index (χ0) is 11.7. The van der Waals surface area contributed by atoms with Gasteiger partial charge in [0.2, 0.25) is 0 Å². The van der Waals surface area contributed by atoms with E-state index < -0.39 is 29.3 Å². The molecule has 3 nitrogen and oxygen atoms in total. The van der Waals surface area contributed by atoms with Gasteiger partial charge in [-0.1, -0.05) is 0 Å². The van der Waals surface area contributed by atoms with Crippen molar-refractivity contribution in [1.82, 2.24) is 0 Å². The minimum absolute atomic E-state index is 0.0961. The molecule has 0 heterocycles. The van der Waals surface area contributed by atoms with E-state index in [1.54, 1.807) is 0 Å². The van der Waals surface area contributed by atoms with Crippen LogP contribution in [-0.4, -0.2) is 16.2 Å². The lowest BCUT2D eigenvalue weighted by atomic mass is 10.1. The monoisotopic (exact) mass is 344 g/mol. The Morgan fingerprint density at radius 2 is 1.93 bits per heavy atom. The SMILES string of the molecule is O=C(O)C(O)c1c(F)cc(Br)c(Br)c1F. The number of aliphatic carboxylic acids is 1. The number of benzene rings is 1. The van der Waals surface area contributed by atoms with Gasteiger partial charge in [0.1, 0.15) is 11.6 Å². The molecule has 0 spiro atoms. The highest BCUT2D eigenvalue weighted by atomic mass is 79.9. The Morgan fingerprint density at radius 3 is 2.40 bits per heavy atom. The van der Waals surface area contributed by atoms with Crippen molar-refractivity contribution in [1.29, 1.82) is 0 Å². The molecule has 82 valence electrons. The van der Waals surface area contributed by atoms with Gasteiger partial charge in [-0.2, -0.15) is 0 Å². The first-order valence-electron chi connectivity index (χ1n) is 3.60. The number of aliphatic hydroxyl groups is 1.